The van der Waals surface area contributed by atoms with E-state index in [-0.39, 0.29) is 5.57 Å². The fourth-order valence-corrected chi connectivity index (χ4v) is 2.77. The Hall–Kier alpha value is -3.83. The van der Waals surface area contributed by atoms with Gasteiger partial charge in [-0.25, -0.2) is 4.68 Å². The molecule has 0 fully saturated rings. The molecular formula is C22H19N5. The lowest BCUT2D eigenvalue weighted by Crippen LogP contribution is -2.07. The van der Waals surface area contributed by atoms with Crippen LogP contribution in [0.2, 0.25) is 0 Å². The first-order valence-corrected chi connectivity index (χ1v) is 8.58. The Morgan fingerprint density at radius 2 is 1.70 bits per heavy atom. The standard InChI is InChI=1S/C22H19N5/c1-16-8-10-20(11-9-16)27-22(25-15-18-6-4-3-5-7-18)21(17(2)26-27)12-19(13-23)14-24/h3-12,25H,15H2,1-2H3. The van der Waals surface area contributed by atoms with Gasteiger partial charge < -0.3 is 5.32 Å². The maximum atomic E-state index is 9.14. The molecule has 0 spiro atoms. The molecule has 0 aliphatic rings. The number of hydrogen-bond acceptors (Lipinski definition) is 4. The van der Waals surface area contributed by atoms with Crippen LogP contribution in [-0.4, -0.2) is 9.78 Å². The summed E-state index contributed by atoms with van der Waals surface area (Å²) in [4.78, 5) is 0. The zero-order valence-electron chi connectivity index (χ0n) is 15.3. The predicted octanol–water partition coefficient (Wildman–Crippen LogP) is 4.53. The lowest BCUT2D eigenvalue weighted by molar-refractivity contribution is 0.858. The smallest absolute Gasteiger partial charge is 0.137 e. The number of aryl methyl sites for hydroxylation is 2. The average Bonchev–Trinajstić information content (AvgIpc) is 3.01. The Morgan fingerprint density at radius 1 is 1.04 bits per heavy atom. The number of benzene rings is 2. The summed E-state index contributed by atoms with van der Waals surface area (Å²) >= 11 is 0. The third-order valence-electron chi connectivity index (χ3n) is 4.22. The van der Waals surface area contributed by atoms with Crippen LogP contribution in [0.1, 0.15) is 22.4 Å². The van der Waals surface area contributed by atoms with Gasteiger partial charge in [-0.15, -0.1) is 0 Å². The number of rotatable bonds is 5. The van der Waals surface area contributed by atoms with Gasteiger partial charge >= 0.3 is 0 Å². The molecule has 0 amide bonds. The molecule has 3 rings (SSSR count). The summed E-state index contributed by atoms with van der Waals surface area (Å²) in [6.07, 6.45) is 1.58. The van der Waals surface area contributed by atoms with Crippen LogP contribution in [0.15, 0.2) is 60.2 Å². The summed E-state index contributed by atoms with van der Waals surface area (Å²) in [6.45, 7) is 4.51. The van der Waals surface area contributed by atoms with E-state index in [1.54, 1.807) is 6.08 Å². The summed E-state index contributed by atoms with van der Waals surface area (Å²) in [5.74, 6) is 0.753. The van der Waals surface area contributed by atoms with Crippen LogP contribution in [0.3, 0.4) is 0 Å². The number of anilines is 1. The molecule has 1 N–H and O–H groups in total. The van der Waals surface area contributed by atoms with E-state index in [1.807, 2.05) is 85.3 Å². The van der Waals surface area contributed by atoms with Gasteiger partial charge in [0.1, 0.15) is 23.5 Å². The largest absolute Gasteiger partial charge is 0.365 e. The van der Waals surface area contributed by atoms with Gasteiger partial charge in [0.25, 0.3) is 0 Å². The van der Waals surface area contributed by atoms with Crippen molar-refractivity contribution < 1.29 is 0 Å². The first-order valence-electron chi connectivity index (χ1n) is 8.58. The fraction of sp³-hybridized carbons (Fsp3) is 0.136. The molecule has 0 saturated carbocycles. The summed E-state index contributed by atoms with van der Waals surface area (Å²) in [5, 5.41) is 26.3. The van der Waals surface area contributed by atoms with E-state index in [0.29, 0.717) is 6.54 Å². The average molecular weight is 353 g/mol. The lowest BCUT2D eigenvalue weighted by atomic mass is 10.1. The molecule has 1 aromatic heterocycles. The van der Waals surface area contributed by atoms with E-state index in [1.165, 1.54) is 0 Å². The highest BCUT2D eigenvalue weighted by molar-refractivity contribution is 5.73. The number of nitriles is 2. The van der Waals surface area contributed by atoms with Gasteiger partial charge in [-0.2, -0.15) is 15.6 Å². The Balaban J connectivity index is 2.07. The number of nitrogens with zero attached hydrogens (tertiary/aromatic N) is 4. The lowest BCUT2D eigenvalue weighted by Gasteiger charge is -2.12. The van der Waals surface area contributed by atoms with Crippen LogP contribution < -0.4 is 5.32 Å². The quantitative estimate of drug-likeness (QED) is 0.684. The molecule has 0 atom stereocenters. The van der Waals surface area contributed by atoms with Crippen molar-refractivity contribution in [1.82, 2.24) is 9.78 Å². The van der Waals surface area contributed by atoms with Crippen LogP contribution in [0, 0.1) is 36.5 Å². The molecule has 1 heterocycles. The van der Waals surface area contributed by atoms with Gasteiger partial charge in [-0.3, -0.25) is 0 Å². The minimum Gasteiger partial charge on any atom is -0.365 e. The molecule has 0 aliphatic heterocycles. The molecule has 0 aliphatic carbocycles. The van der Waals surface area contributed by atoms with Gasteiger partial charge in [0.15, 0.2) is 0 Å². The molecule has 0 radical (unpaired) electrons. The van der Waals surface area contributed by atoms with Crippen molar-refractivity contribution in [2.75, 3.05) is 5.32 Å². The second-order valence-corrected chi connectivity index (χ2v) is 6.22. The van der Waals surface area contributed by atoms with Gasteiger partial charge in [0.05, 0.1) is 11.4 Å². The summed E-state index contributed by atoms with van der Waals surface area (Å²) in [6, 6.07) is 21.9. The Kier molecular flexibility index (Phi) is 5.35. The molecule has 0 saturated heterocycles. The van der Waals surface area contributed by atoms with Crippen LogP contribution >= 0.6 is 0 Å². The van der Waals surface area contributed by atoms with Crippen molar-refractivity contribution in [3.63, 3.8) is 0 Å². The molecular weight excluding hydrogens is 334 g/mol. The molecule has 3 aromatic rings. The minimum atomic E-state index is 0.0457. The van der Waals surface area contributed by atoms with E-state index in [2.05, 4.69) is 10.4 Å². The Morgan fingerprint density at radius 3 is 2.33 bits per heavy atom. The molecule has 132 valence electrons. The first-order chi connectivity index (χ1) is 13.1. The molecule has 27 heavy (non-hydrogen) atoms. The molecule has 5 heteroatoms. The predicted molar refractivity (Wildman–Crippen MR) is 106 cm³/mol. The number of nitrogens with one attached hydrogen (secondary N) is 1. The maximum Gasteiger partial charge on any atom is 0.137 e. The van der Waals surface area contributed by atoms with Crippen molar-refractivity contribution >= 4 is 11.9 Å². The molecule has 0 bridgehead atoms. The van der Waals surface area contributed by atoms with E-state index in [9.17, 15) is 0 Å². The van der Waals surface area contributed by atoms with Crippen molar-refractivity contribution in [3.05, 3.63) is 82.6 Å². The van der Waals surface area contributed by atoms with Crippen LogP contribution in [0.25, 0.3) is 11.8 Å². The monoisotopic (exact) mass is 353 g/mol. The van der Waals surface area contributed by atoms with E-state index >= 15 is 0 Å². The van der Waals surface area contributed by atoms with Crippen LogP contribution in [0.4, 0.5) is 5.82 Å². The summed E-state index contributed by atoms with van der Waals surface area (Å²) < 4.78 is 1.82. The van der Waals surface area contributed by atoms with Crippen LogP contribution in [0.5, 0.6) is 0 Å². The highest BCUT2D eigenvalue weighted by Crippen LogP contribution is 2.27. The first kappa shape index (κ1) is 18.0. The Labute approximate surface area is 158 Å². The van der Waals surface area contributed by atoms with E-state index in [0.717, 1.165) is 33.9 Å². The highest BCUT2D eigenvalue weighted by Gasteiger charge is 2.16. The summed E-state index contributed by atoms with van der Waals surface area (Å²) in [7, 11) is 0. The molecule has 0 unspecified atom stereocenters. The Bertz CT molecular complexity index is 1030. The zero-order valence-corrected chi connectivity index (χ0v) is 15.3. The fourth-order valence-electron chi connectivity index (χ4n) is 2.77. The molecule has 2 aromatic carbocycles. The number of hydrogen-bond donors (Lipinski definition) is 1. The SMILES string of the molecule is Cc1ccc(-n2nc(C)c(C=C(C#N)C#N)c2NCc2ccccc2)cc1. The topological polar surface area (TPSA) is 77.4 Å². The minimum absolute atomic E-state index is 0.0457. The maximum absolute atomic E-state index is 9.14. The van der Waals surface area contributed by atoms with Crippen molar-refractivity contribution in [3.8, 4) is 17.8 Å². The van der Waals surface area contributed by atoms with Gasteiger partial charge in [0.2, 0.25) is 0 Å². The highest BCUT2D eigenvalue weighted by atomic mass is 15.3. The second kappa shape index (κ2) is 8.03. The summed E-state index contributed by atoms with van der Waals surface area (Å²) in [5.41, 5.74) is 4.73. The third kappa shape index (κ3) is 4.05. The normalized spacial score (nSPS) is 9.93. The second-order valence-electron chi connectivity index (χ2n) is 6.22. The van der Waals surface area contributed by atoms with Crippen molar-refractivity contribution in [1.29, 1.82) is 10.5 Å². The van der Waals surface area contributed by atoms with Crippen LogP contribution in [-0.2, 0) is 6.54 Å². The number of allylic oxidation sites excluding steroid dienone is 1. The van der Waals surface area contributed by atoms with Crippen molar-refractivity contribution in [2.24, 2.45) is 0 Å². The van der Waals surface area contributed by atoms with Gasteiger partial charge in [-0.1, -0.05) is 48.0 Å². The third-order valence-corrected chi connectivity index (χ3v) is 4.22. The van der Waals surface area contributed by atoms with E-state index < -0.39 is 0 Å². The van der Waals surface area contributed by atoms with Gasteiger partial charge in [0, 0.05) is 12.1 Å². The van der Waals surface area contributed by atoms with E-state index in [4.69, 9.17) is 10.5 Å². The molecule has 5 nitrogen and oxygen atoms in total. The van der Waals surface area contributed by atoms with Crippen molar-refractivity contribution in [2.45, 2.75) is 20.4 Å². The number of aromatic nitrogens is 2. The van der Waals surface area contributed by atoms with Gasteiger partial charge in [-0.05, 0) is 37.6 Å². The zero-order chi connectivity index (χ0) is 19.2.